The molecule has 22 heavy (non-hydrogen) atoms. The number of halogens is 1. The van der Waals surface area contributed by atoms with Crippen LogP contribution in [0, 0.1) is 20.2 Å². The van der Waals surface area contributed by atoms with Crippen LogP contribution in [0.3, 0.4) is 0 Å². The largest absolute Gasteiger partial charge is 0.324 e. The van der Waals surface area contributed by atoms with Gasteiger partial charge in [-0.05, 0) is 29.8 Å². The lowest BCUT2D eigenvalue weighted by atomic mass is 10.1. The van der Waals surface area contributed by atoms with Gasteiger partial charge in [-0.2, -0.15) is 0 Å². The molecule has 0 radical (unpaired) electrons. The van der Waals surface area contributed by atoms with E-state index in [1.165, 1.54) is 35.7 Å². The lowest BCUT2D eigenvalue weighted by Gasteiger charge is -1.98. The molecule has 0 aliphatic rings. The van der Waals surface area contributed by atoms with Gasteiger partial charge in [0, 0.05) is 23.1 Å². The van der Waals surface area contributed by atoms with E-state index in [0.29, 0.717) is 5.56 Å². The minimum absolute atomic E-state index is 0.0331. The third kappa shape index (κ3) is 3.54. The third-order valence-electron chi connectivity index (χ3n) is 2.64. The maximum Gasteiger partial charge on any atom is 0.324 e. The van der Waals surface area contributed by atoms with Crippen LogP contribution in [-0.2, 0) is 0 Å². The van der Waals surface area contributed by atoms with Gasteiger partial charge in [0.15, 0.2) is 5.78 Å². The molecule has 112 valence electrons. The summed E-state index contributed by atoms with van der Waals surface area (Å²) in [5, 5.41) is 22.8. The number of thiophene rings is 1. The molecule has 0 aliphatic heterocycles. The Morgan fingerprint density at radius 1 is 1.18 bits per heavy atom. The molecule has 1 aromatic heterocycles. The molecular formula is C13H7ClN2O5S. The monoisotopic (exact) mass is 338 g/mol. The van der Waals surface area contributed by atoms with Crippen molar-refractivity contribution in [2.45, 2.75) is 0 Å². The van der Waals surface area contributed by atoms with Crippen molar-refractivity contribution in [2.24, 2.45) is 0 Å². The Kier molecular flexibility index (Phi) is 4.64. The van der Waals surface area contributed by atoms with Crippen molar-refractivity contribution in [1.29, 1.82) is 0 Å². The van der Waals surface area contributed by atoms with E-state index < -0.39 is 15.6 Å². The SMILES string of the molecule is O=C(/C=C/c1csc([N+](=O)[O-])c1)c1ccc(Cl)c([N+](=O)[O-])c1. The summed E-state index contributed by atoms with van der Waals surface area (Å²) >= 11 is 6.61. The van der Waals surface area contributed by atoms with Crippen molar-refractivity contribution in [3.8, 4) is 0 Å². The Morgan fingerprint density at radius 3 is 2.50 bits per heavy atom. The molecule has 0 amide bonds. The molecule has 0 unspecified atom stereocenters. The first-order valence-electron chi connectivity index (χ1n) is 5.78. The average Bonchev–Trinajstić information content (AvgIpc) is 2.94. The first kappa shape index (κ1) is 15.8. The van der Waals surface area contributed by atoms with Gasteiger partial charge in [0.2, 0.25) is 0 Å². The first-order chi connectivity index (χ1) is 10.4. The highest BCUT2D eigenvalue weighted by Crippen LogP contribution is 2.26. The number of nitrogens with zero attached hydrogens (tertiary/aromatic N) is 2. The number of rotatable bonds is 5. The number of allylic oxidation sites excluding steroid dienone is 1. The molecule has 0 aliphatic carbocycles. The van der Waals surface area contributed by atoms with Gasteiger partial charge in [0.1, 0.15) is 5.02 Å². The molecule has 1 heterocycles. The van der Waals surface area contributed by atoms with Crippen molar-refractivity contribution >= 4 is 45.5 Å². The fourth-order valence-electron chi connectivity index (χ4n) is 1.60. The summed E-state index contributed by atoms with van der Waals surface area (Å²) in [5.74, 6) is -0.464. The Bertz CT molecular complexity index is 799. The van der Waals surface area contributed by atoms with E-state index in [1.54, 1.807) is 0 Å². The van der Waals surface area contributed by atoms with Crippen LogP contribution in [0.25, 0.3) is 6.08 Å². The minimum Gasteiger partial charge on any atom is -0.289 e. The summed E-state index contributed by atoms with van der Waals surface area (Å²) in [7, 11) is 0. The van der Waals surface area contributed by atoms with Crippen LogP contribution in [0.2, 0.25) is 5.02 Å². The van der Waals surface area contributed by atoms with Gasteiger partial charge >= 0.3 is 5.00 Å². The zero-order valence-electron chi connectivity index (χ0n) is 10.8. The molecule has 0 spiro atoms. The van der Waals surface area contributed by atoms with Gasteiger partial charge in [-0.3, -0.25) is 25.0 Å². The van der Waals surface area contributed by atoms with E-state index in [-0.39, 0.29) is 21.3 Å². The number of hydrogen-bond acceptors (Lipinski definition) is 6. The normalized spacial score (nSPS) is 10.8. The maximum atomic E-state index is 12.0. The molecule has 9 heteroatoms. The van der Waals surface area contributed by atoms with E-state index >= 15 is 0 Å². The molecule has 0 fully saturated rings. The number of carbonyl (C=O) groups excluding carboxylic acids is 1. The van der Waals surface area contributed by atoms with E-state index in [1.807, 2.05) is 0 Å². The van der Waals surface area contributed by atoms with E-state index in [0.717, 1.165) is 17.4 Å². The quantitative estimate of drug-likeness (QED) is 0.353. The summed E-state index contributed by atoms with van der Waals surface area (Å²) < 4.78 is 0. The van der Waals surface area contributed by atoms with E-state index in [2.05, 4.69) is 0 Å². The summed E-state index contributed by atoms with van der Waals surface area (Å²) in [5.41, 5.74) is 0.262. The molecule has 0 saturated heterocycles. The van der Waals surface area contributed by atoms with Crippen LogP contribution >= 0.6 is 22.9 Å². The summed E-state index contributed by atoms with van der Waals surface area (Å²) in [6.07, 6.45) is 2.60. The summed E-state index contributed by atoms with van der Waals surface area (Å²) in [4.78, 5) is 32.1. The number of nitro groups is 2. The zero-order valence-corrected chi connectivity index (χ0v) is 12.3. The molecule has 0 bridgehead atoms. The molecule has 2 aromatic rings. The van der Waals surface area contributed by atoms with Crippen molar-refractivity contribution in [1.82, 2.24) is 0 Å². The standard InChI is InChI=1S/C13H7ClN2O5S/c14-10-3-2-9(6-11(10)15(18)19)12(17)4-1-8-5-13(16(20)21)22-7-8/h1-7H/b4-1+. The highest BCUT2D eigenvalue weighted by molar-refractivity contribution is 7.13. The van der Waals surface area contributed by atoms with Crippen molar-refractivity contribution in [2.75, 3.05) is 0 Å². The smallest absolute Gasteiger partial charge is 0.289 e. The number of carbonyl (C=O) groups is 1. The predicted molar refractivity (Wildman–Crippen MR) is 82.4 cm³/mol. The number of hydrogen-bond donors (Lipinski definition) is 0. The van der Waals surface area contributed by atoms with Gasteiger partial charge in [-0.1, -0.05) is 22.9 Å². The Labute approximate surface area is 132 Å². The fourth-order valence-corrected chi connectivity index (χ4v) is 2.48. The first-order valence-corrected chi connectivity index (χ1v) is 7.03. The summed E-state index contributed by atoms with van der Waals surface area (Å²) in [6, 6.07) is 5.07. The van der Waals surface area contributed by atoms with Gasteiger partial charge < -0.3 is 0 Å². The molecule has 2 rings (SSSR count). The van der Waals surface area contributed by atoms with Gasteiger partial charge in [0.05, 0.1) is 9.85 Å². The van der Waals surface area contributed by atoms with Crippen molar-refractivity contribution in [3.63, 3.8) is 0 Å². The van der Waals surface area contributed by atoms with Crippen LogP contribution in [-0.4, -0.2) is 15.6 Å². The molecule has 7 nitrogen and oxygen atoms in total. The molecule has 0 N–H and O–H groups in total. The molecular weight excluding hydrogens is 332 g/mol. The van der Waals surface area contributed by atoms with Crippen molar-refractivity contribution in [3.05, 3.63) is 72.1 Å². The second-order valence-corrected chi connectivity index (χ2v) is 5.39. The second-order valence-electron chi connectivity index (χ2n) is 4.10. The second kappa shape index (κ2) is 6.46. The Morgan fingerprint density at radius 2 is 1.91 bits per heavy atom. The molecule has 0 atom stereocenters. The summed E-state index contributed by atoms with van der Waals surface area (Å²) in [6.45, 7) is 0. The van der Waals surface area contributed by atoms with Gasteiger partial charge in [-0.15, -0.1) is 0 Å². The fraction of sp³-hybridized carbons (Fsp3) is 0. The molecule has 0 saturated carbocycles. The number of benzene rings is 1. The van der Waals surface area contributed by atoms with Crippen LogP contribution < -0.4 is 0 Å². The van der Waals surface area contributed by atoms with Gasteiger partial charge in [-0.25, -0.2) is 0 Å². The van der Waals surface area contributed by atoms with Crippen molar-refractivity contribution < 1.29 is 14.6 Å². The van der Waals surface area contributed by atoms with E-state index in [9.17, 15) is 25.0 Å². The predicted octanol–water partition coefficient (Wildman–Crippen LogP) is 4.11. The third-order valence-corrected chi connectivity index (χ3v) is 3.86. The van der Waals surface area contributed by atoms with Crippen LogP contribution in [0.1, 0.15) is 15.9 Å². The lowest BCUT2D eigenvalue weighted by molar-refractivity contribution is -0.384. The van der Waals surface area contributed by atoms with E-state index in [4.69, 9.17) is 11.6 Å². The maximum absolute atomic E-state index is 12.0. The molecule has 1 aromatic carbocycles. The highest BCUT2D eigenvalue weighted by atomic mass is 35.5. The zero-order chi connectivity index (χ0) is 16.3. The van der Waals surface area contributed by atoms with Crippen LogP contribution in [0.4, 0.5) is 10.7 Å². The number of nitro benzene ring substituents is 1. The minimum atomic E-state index is -0.676. The van der Waals surface area contributed by atoms with Crippen LogP contribution in [0.5, 0.6) is 0 Å². The lowest BCUT2D eigenvalue weighted by Crippen LogP contribution is -1.97. The number of ketones is 1. The topological polar surface area (TPSA) is 103 Å². The Hall–Kier alpha value is -2.58. The van der Waals surface area contributed by atoms with Crippen LogP contribution in [0.15, 0.2) is 35.7 Å². The van der Waals surface area contributed by atoms with Gasteiger partial charge in [0.25, 0.3) is 5.69 Å². The Balaban J connectivity index is 2.21. The highest BCUT2D eigenvalue weighted by Gasteiger charge is 2.15. The average molecular weight is 339 g/mol.